The maximum atomic E-state index is 13.5. The van der Waals surface area contributed by atoms with Crippen molar-refractivity contribution in [3.8, 4) is 0 Å². The zero-order valence-corrected chi connectivity index (χ0v) is 22.1. The van der Waals surface area contributed by atoms with E-state index in [1.165, 1.54) is 12.8 Å². The van der Waals surface area contributed by atoms with Gasteiger partial charge in [0.05, 0.1) is 4.90 Å². The van der Waals surface area contributed by atoms with Crippen molar-refractivity contribution in [3.05, 3.63) is 29.8 Å². The Hall–Kier alpha value is -1.97. The number of nitrogens with two attached hydrogens (primary N) is 1. The van der Waals surface area contributed by atoms with Gasteiger partial charge in [0.1, 0.15) is 5.54 Å². The van der Waals surface area contributed by atoms with E-state index in [1.807, 2.05) is 0 Å². The molecule has 0 spiro atoms. The average Bonchev–Trinajstić information content (AvgIpc) is 2.93. The van der Waals surface area contributed by atoms with Crippen LogP contribution in [0.1, 0.15) is 81.0 Å². The molecule has 1 aromatic rings. The summed E-state index contributed by atoms with van der Waals surface area (Å²) in [5.74, 6) is 0.0599. The maximum Gasteiger partial charge on any atom is 0.253 e. The molecule has 0 radical (unpaired) electrons. The molecule has 0 bridgehead atoms. The van der Waals surface area contributed by atoms with E-state index < -0.39 is 15.6 Å². The zero-order chi connectivity index (χ0) is 25.3. The summed E-state index contributed by atoms with van der Waals surface area (Å²) in [5, 5.41) is 0. The van der Waals surface area contributed by atoms with Gasteiger partial charge in [-0.25, -0.2) is 8.42 Å². The molecule has 198 valence electrons. The molecule has 3 aliphatic heterocycles. The van der Waals surface area contributed by atoms with Gasteiger partial charge in [0, 0.05) is 31.2 Å². The van der Waals surface area contributed by atoms with Crippen LogP contribution in [0.2, 0.25) is 0 Å². The van der Waals surface area contributed by atoms with Crippen molar-refractivity contribution in [1.29, 1.82) is 0 Å². The van der Waals surface area contributed by atoms with Gasteiger partial charge in [-0.1, -0.05) is 19.3 Å². The molecule has 2 unspecified atom stereocenters. The number of hydrogen-bond donors (Lipinski definition) is 1. The van der Waals surface area contributed by atoms with E-state index in [2.05, 4.69) is 4.90 Å². The number of primary amides is 1. The van der Waals surface area contributed by atoms with Crippen molar-refractivity contribution in [2.24, 2.45) is 11.7 Å². The number of rotatable bonds is 5. The number of sulfonamides is 1. The fraction of sp³-hybridized carbons (Fsp3) is 0.704. The first kappa shape index (κ1) is 25.7. The highest BCUT2D eigenvalue weighted by Crippen LogP contribution is 2.38. The Bertz CT molecular complexity index is 1060. The summed E-state index contributed by atoms with van der Waals surface area (Å²) >= 11 is 0. The molecule has 5 rings (SSSR count). The van der Waals surface area contributed by atoms with E-state index >= 15 is 0 Å². The molecule has 1 saturated carbocycles. The van der Waals surface area contributed by atoms with E-state index in [1.54, 1.807) is 33.5 Å². The van der Waals surface area contributed by atoms with Crippen LogP contribution in [0.15, 0.2) is 29.2 Å². The summed E-state index contributed by atoms with van der Waals surface area (Å²) in [7, 11) is -3.59. The highest BCUT2D eigenvalue weighted by Gasteiger charge is 2.46. The minimum Gasteiger partial charge on any atom is -0.368 e. The zero-order valence-electron chi connectivity index (χ0n) is 21.2. The fourth-order valence-corrected chi connectivity index (χ4v) is 8.84. The van der Waals surface area contributed by atoms with Gasteiger partial charge in [0.15, 0.2) is 0 Å². The Morgan fingerprint density at radius 3 is 2.11 bits per heavy atom. The molecule has 8 nitrogen and oxygen atoms in total. The normalized spacial score (nSPS) is 27.8. The average molecular weight is 517 g/mol. The van der Waals surface area contributed by atoms with Gasteiger partial charge >= 0.3 is 0 Å². The van der Waals surface area contributed by atoms with Crippen molar-refractivity contribution >= 4 is 21.8 Å². The molecule has 4 aliphatic rings. The molecule has 3 saturated heterocycles. The molecular weight excluding hydrogens is 476 g/mol. The Morgan fingerprint density at radius 1 is 0.806 bits per heavy atom. The number of nitrogens with zero attached hydrogens (tertiary/aromatic N) is 3. The predicted octanol–water partition coefficient (Wildman–Crippen LogP) is 2.98. The van der Waals surface area contributed by atoms with Crippen LogP contribution in [0.4, 0.5) is 0 Å². The lowest BCUT2D eigenvalue weighted by Crippen LogP contribution is -2.63. The highest BCUT2D eigenvalue weighted by molar-refractivity contribution is 7.89. The van der Waals surface area contributed by atoms with Gasteiger partial charge < -0.3 is 10.6 Å². The first-order valence-electron chi connectivity index (χ1n) is 13.8. The summed E-state index contributed by atoms with van der Waals surface area (Å²) in [6, 6.07) is 6.55. The number of likely N-dealkylation sites (tertiary alicyclic amines) is 2. The van der Waals surface area contributed by atoms with E-state index in [0.29, 0.717) is 44.0 Å². The standard InChI is InChI=1S/C27H40N4O4S/c28-26(33)27(30-16-4-1-5-17-30)14-19-29(20-15-27)25(32)22-10-12-23(13-11-22)36(34,35)31-18-6-8-21-7-2-3-9-24(21)31/h10-13,21,24H,1-9,14-20H2,(H2,28,33). The Labute approximate surface area is 215 Å². The molecule has 36 heavy (non-hydrogen) atoms. The molecule has 2 N–H and O–H groups in total. The van der Waals surface area contributed by atoms with Crippen LogP contribution in [-0.2, 0) is 14.8 Å². The van der Waals surface area contributed by atoms with Gasteiger partial charge in [0.25, 0.3) is 5.91 Å². The Balaban J connectivity index is 1.26. The smallest absolute Gasteiger partial charge is 0.253 e. The van der Waals surface area contributed by atoms with E-state index in [4.69, 9.17) is 5.73 Å². The molecule has 0 aromatic heterocycles. The molecule has 1 aromatic carbocycles. The van der Waals surface area contributed by atoms with Crippen LogP contribution < -0.4 is 5.73 Å². The van der Waals surface area contributed by atoms with Crippen LogP contribution in [0.25, 0.3) is 0 Å². The van der Waals surface area contributed by atoms with Crippen molar-refractivity contribution in [1.82, 2.24) is 14.1 Å². The van der Waals surface area contributed by atoms with Crippen molar-refractivity contribution < 1.29 is 18.0 Å². The minimum absolute atomic E-state index is 0.109. The van der Waals surface area contributed by atoms with E-state index in [9.17, 15) is 18.0 Å². The molecule has 4 fully saturated rings. The lowest BCUT2D eigenvalue weighted by Gasteiger charge is -2.48. The van der Waals surface area contributed by atoms with Gasteiger partial charge in [-0.2, -0.15) is 4.31 Å². The third-order valence-electron chi connectivity index (χ3n) is 9.20. The second kappa shape index (κ2) is 10.4. The number of piperidine rings is 3. The maximum absolute atomic E-state index is 13.5. The van der Waals surface area contributed by atoms with Gasteiger partial charge in [0.2, 0.25) is 15.9 Å². The molecule has 2 atom stereocenters. The molecule has 2 amide bonds. The quantitative estimate of drug-likeness (QED) is 0.648. The minimum atomic E-state index is -3.59. The third-order valence-corrected chi connectivity index (χ3v) is 11.1. The van der Waals surface area contributed by atoms with Crippen LogP contribution in [0.5, 0.6) is 0 Å². The number of hydrogen-bond acceptors (Lipinski definition) is 5. The van der Waals surface area contributed by atoms with Crippen molar-refractivity contribution in [2.45, 2.75) is 87.1 Å². The summed E-state index contributed by atoms with van der Waals surface area (Å²) < 4.78 is 28.7. The van der Waals surface area contributed by atoms with Gasteiger partial charge in [-0.3, -0.25) is 14.5 Å². The lowest BCUT2D eigenvalue weighted by molar-refractivity contribution is -0.134. The first-order chi connectivity index (χ1) is 17.3. The number of amides is 2. The lowest BCUT2D eigenvalue weighted by atomic mass is 9.79. The highest BCUT2D eigenvalue weighted by atomic mass is 32.2. The van der Waals surface area contributed by atoms with Crippen LogP contribution in [0.3, 0.4) is 0 Å². The monoisotopic (exact) mass is 516 g/mol. The number of carbonyl (C=O) groups excluding carboxylic acids is 2. The predicted molar refractivity (Wildman–Crippen MR) is 138 cm³/mol. The van der Waals surface area contributed by atoms with E-state index in [-0.39, 0.29) is 22.8 Å². The molecule has 9 heteroatoms. The summed E-state index contributed by atoms with van der Waals surface area (Å²) in [4.78, 5) is 30.0. The van der Waals surface area contributed by atoms with E-state index in [0.717, 1.165) is 58.0 Å². The summed E-state index contributed by atoms with van der Waals surface area (Å²) in [6.45, 7) is 3.28. The summed E-state index contributed by atoms with van der Waals surface area (Å²) in [5.41, 5.74) is 5.69. The van der Waals surface area contributed by atoms with Crippen LogP contribution >= 0.6 is 0 Å². The van der Waals surface area contributed by atoms with Crippen LogP contribution in [0, 0.1) is 5.92 Å². The van der Waals surface area contributed by atoms with Gasteiger partial charge in [-0.05, 0) is 94.6 Å². The summed E-state index contributed by atoms with van der Waals surface area (Å²) in [6.07, 6.45) is 10.8. The second-order valence-electron chi connectivity index (χ2n) is 11.1. The Kier molecular flexibility index (Phi) is 7.43. The molecule has 3 heterocycles. The first-order valence-corrected chi connectivity index (χ1v) is 15.2. The molecule has 1 aliphatic carbocycles. The number of fused-ring (bicyclic) bond motifs is 1. The third kappa shape index (κ3) is 4.70. The fourth-order valence-electron chi connectivity index (χ4n) is 7.09. The van der Waals surface area contributed by atoms with Gasteiger partial charge in [-0.15, -0.1) is 0 Å². The SMILES string of the molecule is NC(=O)C1(N2CCCCC2)CCN(C(=O)c2ccc(S(=O)(=O)N3CCCC4CCCCC43)cc2)CC1. The van der Waals surface area contributed by atoms with Crippen LogP contribution in [-0.4, -0.2) is 78.6 Å². The second-order valence-corrected chi connectivity index (χ2v) is 13.0. The topological polar surface area (TPSA) is 104 Å². The number of benzene rings is 1. The van der Waals surface area contributed by atoms with Crippen molar-refractivity contribution in [3.63, 3.8) is 0 Å². The Morgan fingerprint density at radius 2 is 1.44 bits per heavy atom. The van der Waals surface area contributed by atoms with Crippen molar-refractivity contribution in [2.75, 3.05) is 32.7 Å². The largest absolute Gasteiger partial charge is 0.368 e. The molecular formula is C27H40N4O4S. The number of carbonyl (C=O) groups is 2.